The average Bonchev–Trinajstić information content (AvgIpc) is 2.96. The fraction of sp³-hybridized carbons (Fsp3) is 0.600. The second-order valence-corrected chi connectivity index (χ2v) is 7.30. The van der Waals surface area contributed by atoms with E-state index in [4.69, 9.17) is 0 Å². The summed E-state index contributed by atoms with van der Waals surface area (Å²) >= 11 is 0. The van der Waals surface area contributed by atoms with Crippen LogP contribution in [-0.4, -0.2) is 35.1 Å². The molecule has 1 aromatic heterocycles. The standard InChI is InChI=1S/C20H30N4O/c1-15(16-9-12-21-13-10-16)14-20(25)22-11-5-8-19-23-17-6-3-4-7-18(17)24(19)2/h3-4,6-7,15-16,21H,5,8-14H2,1-2H3,(H,22,25). The molecule has 0 spiro atoms. The summed E-state index contributed by atoms with van der Waals surface area (Å²) in [5.41, 5.74) is 2.21. The van der Waals surface area contributed by atoms with Crippen LogP contribution in [0.4, 0.5) is 0 Å². The van der Waals surface area contributed by atoms with Crippen LogP contribution in [0.15, 0.2) is 24.3 Å². The van der Waals surface area contributed by atoms with Crippen LogP contribution in [0.3, 0.4) is 0 Å². The van der Waals surface area contributed by atoms with Crippen LogP contribution in [0.5, 0.6) is 0 Å². The molecular weight excluding hydrogens is 312 g/mol. The van der Waals surface area contributed by atoms with Gasteiger partial charge in [0.2, 0.25) is 5.91 Å². The van der Waals surface area contributed by atoms with Crippen LogP contribution in [0.25, 0.3) is 11.0 Å². The predicted octanol–water partition coefficient (Wildman–Crippen LogP) is 2.65. The number of rotatable bonds is 7. The number of amides is 1. The summed E-state index contributed by atoms with van der Waals surface area (Å²) in [6.07, 6.45) is 4.85. The van der Waals surface area contributed by atoms with Crippen LogP contribution in [0.1, 0.15) is 38.4 Å². The first kappa shape index (κ1) is 17.9. The SMILES string of the molecule is CC(CC(=O)NCCCc1nc2ccccc2n1C)C1CCNCC1. The molecule has 0 aliphatic carbocycles. The maximum atomic E-state index is 12.2. The van der Waals surface area contributed by atoms with E-state index in [0.717, 1.165) is 49.3 Å². The Bertz CT molecular complexity index is 703. The number of hydrogen-bond donors (Lipinski definition) is 2. The van der Waals surface area contributed by atoms with Crippen LogP contribution in [-0.2, 0) is 18.3 Å². The Kier molecular flexibility index (Phi) is 6.08. The smallest absolute Gasteiger partial charge is 0.220 e. The Morgan fingerprint density at radius 2 is 2.12 bits per heavy atom. The van der Waals surface area contributed by atoms with Gasteiger partial charge in [0.05, 0.1) is 11.0 Å². The van der Waals surface area contributed by atoms with Crippen molar-refractivity contribution >= 4 is 16.9 Å². The van der Waals surface area contributed by atoms with Gasteiger partial charge in [0.1, 0.15) is 5.82 Å². The van der Waals surface area contributed by atoms with E-state index in [9.17, 15) is 4.79 Å². The second-order valence-electron chi connectivity index (χ2n) is 7.30. The van der Waals surface area contributed by atoms with Crippen molar-refractivity contribution in [1.29, 1.82) is 0 Å². The van der Waals surface area contributed by atoms with E-state index in [-0.39, 0.29) is 5.91 Å². The molecular formula is C20H30N4O. The van der Waals surface area contributed by atoms with Crippen molar-refractivity contribution in [3.8, 4) is 0 Å². The third-order valence-corrected chi connectivity index (χ3v) is 5.48. The molecule has 1 saturated heterocycles. The molecule has 1 aromatic carbocycles. The number of para-hydroxylation sites is 2. The summed E-state index contributed by atoms with van der Waals surface area (Å²) in [4.78, 5) is 16.9. The van der Waals surface area contributed by atoms with Crippen molar-refractivity contribution in [3.05, 3.63) is 30.1 Å². The molecule has 136 valence electrons. The largest absolute Gasteiger partial charge is 0.356 e. The molecule has 1 amide bonds. The van der Waals surface area contributed by atoms with E-state index in [0.29, 0.717) is 18.3 Å². The van der Waals surface area contributed by atoms with Gasteiger partial charge in [-0.2, -0.15) is 0 Å². The fourth-order valence-corrected chi connectivity index (χ4v) is 3.84. The maximum Gasteiger partial charge on any atom is 0.220 e. The molecule has 2 aromatic rings. The number of carbonyl (C=O) groups excluding carboxylic acids is 1. The molecule has 0 saturated carbocycles. The van der Waals surface area contributed by atoms with Gasteiger partial charge in [0, 0.05) is 26.4 Å². The number of piperidine rings is 1. The number of fused-ring (bicyclic) bond motifs is 1. The number of hydrogen-bond acceptors (Lipinski definition) is 3. The lowest BCUT2D eigenvalue weighted by atomic mass is 9.84. The Balaban J connectivity index is 1.40. The average molecular weight is 342 g/mol. The minimum absolute atomic E-state index is 0.191. The molecule has 0 bridgehead atoms. The number of carbonyl (C=O) groups is 1. The lowest BCUT2D eigenvalue weighted by Gasteiger charge is -2.27. The van der Waals surface area contributed by atoms with Gasteiger partial charge >= 0.3 is 0 Å². The molecule has 1 aliphatic heterocycles. The number of nitrogens with one attached hydrogen (secondary N) is 2. The van der Waals surface area contributed by atoms with Gasteiger partial charge in [0.15, 0.2) is 0 Å². The molecule has 3 rings (SSSR count). The molecule has 2 heterocycles. The van der Waals surface area contributed by atoms with Crippen molar-refractivity contribution in [2.75, 3.05) is 19.6 Å². The highest BCUT2D eigenvalue weighted by atomic mass is 16.1. The first-order valence-corrected chi connectivity index (χ1v) is 9.53. The first-order chi connectivity index (χ1) is 12.1. The van der Waals surface area contributed by atoms with Crippen LogP contribution < -0.4 is 10.6 Å². The van der Waals surface area contributed by atoms with Gasteiger partial charge < -0.3 is 15.2 Å². The molecule has 25 heavy (non-hydrogen) atoms. The zero-order valence-corrected chi connectivity index (χ0v) is 15.4. The molecule has 5 heteroatoms. The van der Waals surface area contributed by atoms with Gasteiger partial charge in [-0.15, -0.1) is 0 Å². The molecule has 1 atom stereocenters. The van der Waals surface area contributed by atoms with Gasteiger partial charge in [-0.1, -0.05) is 19.1 Å². The number of nitrogens with zero attached hydrogens (tertiary/aromatic N) is 2. The monoisotopic (exact) mass is 342 g/mol. The molecule has 1 unspecified atom stereocenters. The molecule has 1 aliphatic rings. The highest BCUT2D eigenvalue weighted by Crippen LogP contribution is 2.24. The van der Waals surface area contributed by atoms with Gasteiger partial charge in [0.25, 0.3) is 0 Å². The summed E-state index contributed by atoms with van der Waals surface area (Å²) in [5.74, 6) is 2.43. The van der Waals surface area contributed by atoms with Gasteiger partial charge in [-0.05, 0) is 56.3 Å². The Morgan fingerprint density at radius 3 is 2.88 bits per heavy atom. The number of benzene rings is 1. The van der Waals surface area contributed by atoms with E-state index in [2.05, 4.69) is 40.2 Å². The summed E-state index contributed by atoms with van der Waals surface area (Å²) < 4.78 is 2.15. The summed E-state index contributed by atoms with van der Waals surface area (Å²) in [7, 11) is 2.06. The van der Waals surface area contributed by atoms with Crippen molar-refractivity contribution in [1.82, 2.24) is 20.2 Å². The topological polar surface area (TPSA) is 59.0 Å². The van der Waals surface area contributed by atoms with E-state index in [1.807, 2.05) is 18.2 Å². The zero-order valence-electron chi connectivity index (χ0n) is 15.4. The van der Waals surface area contributed by atoms with Gasteiger partial charge in [-0.25, -0.2) is 4.98 Å². The minimum Gasteiger partial charge on any atom is -0.356 e. The molecule has 5 nitrogen and oxygen atoms in total. The second kappa shape index (κ2) is 8.48. The third-order valence-electron chi connectivity index (χ3n) is 5.48. The molecule has 2 N–H and O–H groups in total. The summed E-state index contributed by atoms with van der Waals surface area (Å²) in [6.45, 7) is 5.12. The zero-order chi connectivity index (χ0) is 17.6. The van der Waals surface area contributed by atoms with Gasteiger partial charge in [-0.3, -0.25) is 4.79 Å². The van der Waals surface area contributed by atoms with Crippen molar-refractivity contribution in [2.45, 2.75) is 39.0 Å². The van der Waals surface area contributed by atoms with E-state index < -0.39 is 0 Å². The first-order valence-electron chi connectivity index (χ1n) is 9.53. The lowest BCUT2D eigenvalue weighted by Crippen LogP contribution is -2.33. The normalized spacial score (nSPS) is 16.9. The predicted molar refractivity (Wildman–Crippen MR) is 101 cm³/mol. The third kappa shape index (κ3) is 4.60. The quantitative estimate of drug-likeness (QED) is 0.761. The number of aryl methyl sites for hydroxylation is 2. The highest BCUT2D eigenvalue weighted by molar-refractivity contribution is 5.76. The van der Waals surface area contributed by atoms with Crippen molar-refractivity contribution in [2.24, 2.45) is 18.9 Å². The number of imidazole rings is 1. The summed E-state index contributed by atoms with van der Waals surface area (Å²) in [5, 5.41) is 6.47. The van der Waals surface area contributed by atoms with E-state index in [1.54, 1.807) is 0 Å². The number of aromatic nitrogens is 2. The Labute approximate surface area is 150 Å². The molecule has 0 radical (unpaired) electrons. The van der Waals surface area contributed by atoms with E-state index in [1.165, 1.54) is 12.8 Å². The van der Waals surface area contributed by atoms with E-state index >= 15 is 0 Å². The fourth-order valence-electron chi connectivity index (χ4n) is 3.84. The molecule has 1 fully saturated rings. The lowest BCUT2D eigenvalue weighted by molar-refractivity contribution is -0.122. The maximum absolute atomic E-state index is 12.2. The van der Waals surface area contributed by atoms with Crippen LogP contribution in [0.2, 0.25) is 0 Å². The van der Waals surface area contributed by atoms with Crippen LogP contribution in [0, 0.1) is 11.8 Å². The highest BCUT2D eigenvalue weighted by Gasteiger charge is 2.21. The van der Waals surface area contributed by atoms with Crippen LogP contribution >= 0.6 is 0 Å². The Morgan fingerprint density at radius 1 is 1.36 bits per heavy atom. The summed E-state index contributed by atoms with van der Waals surface area (Å²) in [6, 6.07) is 8.19. The van der Waals surface area contributed by atoms with Crippen molar-refractivity contribution in [3.63, 3.8) is 0 Å². The Hall–Kier alpha value is -1.88. The van der Waals surface area contributed by atoms with Crippen molar-refractivity contribution < 1.29 is 4.79 Å². The minimum atomic E-state index is 0.191.